The summed E-state index contributed by atoms with van der Waals surface area (Å²) >= 11 is 0. The van der Waals surface area contributed by atoms with Gasteiger partial charge in [0.05, 0.1) is 6.21 Å². The average molecular weight is 191 g/mol. The van der Waals surface area contributed by atoms with Gasteiger partial charge < -0.3 is 9.94 Å². The Morgan fingerprint density at radius 1 is 1.50 bits per heavy atom. The third kappa shape index (κ3) is 1.45. The molecule has 3 nitrogen and oxygen atoms in total. The number of ether oxygens (including phenoxy) is 1. The molecule has 0 bridgehead atoms. The fourth-order valence-electron chi connectivity index (χ4n) is 1.80. The highest BCUT2D eigenvalue weighted by molar-refractivity contribution is 5.84. The molecule has 0 aromatic heterocycles. The second-order valence-corrected chi connectivity index (χ2v) is 4.12. The van der Waals surface area contributed by atoms with E-state index in [1.807, 2.05) is 32.0 Å². The van der Waals surface area contributed by atoms with Crippen LogP contribution < -0.4 is 4.74 Å². The van der Waals surface area contributed by atoms with E-state index in [2.05, 4.69) is 5.16 Å². The zero-order valence-corrected chi connectivity index (χ0v) is 8.32. The lowest BCUT2D eigenvalue weighted by atomic mass is 10.0. The fraction of sp³-hybridized carbons (Fsp3) is 0.364. The lowest BCUT2D eigenvalue weighted by molar-refractivity contribution is 0.138. The molecule has 1 heterocycles. The number of fused-ring (bicyclic) bond motifs is 1. The van der Waals surface area contributed by atoms with E-state index < -0.39 is 0 Å². The van der Waals surface area contributed by atoms with Crippen molar-refractivity contribution < 1.29 is 9.94 Å². The summed E-state index contributed by atoms with van der Waals surface area (Å²) in [5.41, 5.74) is 1.85. The molecule has 74 valence electrons. The van der Waals surface area contributed by atoms with Crippen LogP contribution >= 0.6 is 0 Å². The molecule has 0 aliphatic carbocycles. The molecule has 0 saturated heterocycles. The quantitative estimate of drug-likeness (QED) is 0.420. The Morgan fingerprint density at radius 2 is 2.29 bits per heavy atom. The maximum Gasteiger partial charge on any atom is 0.132 e. The van der Waals surface area contributed by atoms with Gasteiger partial charge in [-0.1, -0.05) is 17.3 Å². The Balaban J connectivity index is 2.46. The van der Waals surface area contributed by atoms with Crippen LogP contribution in [0.25, 0.3) is 0 Å². The molecule has 0 saturated carbocycles. The molecule has 0 fully saturated rings. The first-order valence-electron chi connectivity index (χ1n) is 4.61. The van der Waals surface area contributed by atoms with Crippen LogP contribution in [-0.2, 0) is 6.42 Å². The molecule has 0 spiro atoms. The first-order valence-corrected chi connectivity index (χ1v) is 4.61. The van der Waals surface area contributed by atoms with Crippen LogP contribution in [0.5, 0.6) is 5.75 Å². The van der Waals surface area contributed by atoms with Crippen molar-refractivity contribution in [3.63, 3.8) is 0 Å². The SMILES string of the molecule is CC1(C)Cc2cccc(C=NO)c2O1. The maximum absolute atomic E-state index is 8.49. The fourth-order valence-corrected chi connectivity index (χ4v) is 1.80. The number of para-hydroxylation sites is 1. The molecule has 0 amide bonds. The minimum absolute atomic E-state index is 0.151. The minimum atomic E-state index is -0.151. The molecule has 1 aromatic carbocycles. The topological polar surface area (TPSA) is 41.8 Å². The molecule has 1 aromatic rings. The van der Waals surface area contributed by atoms with Gasteiger partial charge in [-0.25, -0.2) is 0 Å². The normalized spacial score (nSPS) is 18.1. The number of nitrogens with zero attached hydrogens (tertiary/aromatic N) is 1. The third-order valence-corrected chi connectivity index (χ3v) is 2.32. The average Bonchev–Trinajstić information content (AvgIpc) is 2.41. The summed E-state index contributed by atoms with van der Waals surface area (Å²) in [5, 5.41) is 11.5. The summed E-state index contributed by atoms with van der Waals surface area (Å²) in [5.74, 6) is 0.843. The van der Waals surface area contributed by atoms with E-state index in [4.69, 9.17) is 9.94 Å². The van der Waals surface area contributed by atoms with Crippen molar-refractivity contribution in [3.05, 3.63) is 29.3 Å². The Kier molecular flexibility index (Phi) is 1.95. The molecule has 0 radical (unpaired) electrons. The van der Waals surface area contributed by atoms with Crippen molar-refractivity contribution in [3.8, 4) is 5.75 Å². The number of hydrogen-bond acceptors (Lipinski definition) is 3. The van der Waals surface area contributed by atoms with Gasteiger partial charge in [-0.3, -0.25) is 0 Å². The summed E-state index contributed by atoms with van der Waals surface area (Å²) in [6, 6.07) is 5.86. The second kappa shape index (κ2) is 3.01. The van der Waals surface area contributed by atoms with Gasteiger partial charge in [-0.2, -0.15) is 0 Å². The highest BCUT2D eigenvalue weighted by atomic mass is 16.5. The standard InChI is InChI=1S/C11H13NO2/c1-11(2)6-8-4-3-5-9(7-12-13)10(8)14-11/h3-5,7,13H,6H2,1-2H3. The van der Waals surface area contributed by atoms with Crippen LogP contribution in [0.3, 0.4) is 0 Å². The monoisotopic (exact) mass is 191 g/mol. The van der Waals surface area contributed by atoms with E-state index in [0.717, 1.165) is 17.7 Å². The van der Waals surface area contributed by atoms with Crippen LogP contribution in [-0.4, -0.2) is 17.0 Å². The van der Waals surface area contributed by atoms with Crippen molar-refractivity contribution in [1.82, 2.24) is 0 Å². The van der Waals surface area contributed by atoms with Gasteiger partial charge >= 0.3 is 0 Å². The van der Waals surface area contributed by atoms with Crippen molar-refractivity contribution in [1.29, 1.82) is 0 Å². The highest BCUT2D eigenvalue weighted by Crippen LogP contribution is 2.36. The molecule has 0 atom stereocenters. The first kappa shape index (κ1) is 9.06. The van der Waals surface area contributed by atoms with Gasteiger partial charge in [0.25, 0.3) is 0 Å². The van der Waals surface area contributed by atoms with Gasteiger partial charge in [0.15, 0.2) is 0 Å². The number of rotatable bonds is 1. The Hall–Kier alpha value is -1.51. The lowest BCUT2D eigenvalue weighted by Gasteiger charge is -2.17. The van der Waals surface area contributed by atoms with E-state index in [0.29, 0.717) is 0 Å². The van der Waals surface area contributed by atoms with Crippen molar-refractivity contribution in [2.24, 2.45) is 5.16 Å². The molecule has 2 rings (SSSR count). The molecule has 3 heteroatoms. The maximum atomic E-state index is 8.49. The summed E-state index contributed by atoms with van der Waals surface area (Å²) in [6.07, 6.45) is 2.30. The van der Waals surface area contributed by atoms with Crippen LogP contribution in [0, 0.1) is 0 Å². The van der Waals surface area contributed by atoms with Gasteiger partial charge in [0.2, 0.25) is 0 Å². The zero-order valence-electron chi connectivity index (χ0n) is 8.32. The lowest BCUT2D eigenvalue weighted by Crippen LogP contribution is -2.24. The largest absolute Gasteiger partial charge is 0.487 e. The van der Waals surface area contributed by atoms with Crippen LogP contribution in [0.4, 0.5) is 0 Å². The molecule has 1 N–H and O–H groups in total. The van der Waals surface area contributed by atoms with Gasteiger partial charge in [0, 0.05) is 12.0 Å². The van der Waals surface area contributed by atoms with Crippen molar-refractivity contribution in [2.45, 2.75) is 25.9 Å². The number of benzene rings is 1. The van der Waals surface area contributed by atoms with Gasteiger partial charge in [-0.15, -0.1) is 0 Å². The molecular formula is C11H13NO2. The van der Waals surface area contributed by atoms with Crippen molar-refractivity contribution >= 4 is 6.21 Å². The minimum Gasteiger partial charge on any atom is -0.487 e. The molecule has 14 heavy (non-hydrogen) atoms. The van der Waals surface area contributed by atoms with Crippen molar-refractivity contribution in [2.75, 3.05) is 0 Å². The third-order valence-electron chi connectivity index (χ3n) is 2.32. The Labute approximate surface area is 83.0 Å². The van der Waals surface area contributed by atoms with E-state index >= 15 is 0 Å². The summed E-state index contributed by atoms with van der Waals surface area (Å²) < 4.78 is 5.78. The second-order valence-electron chi connectivity index (χ2n) is 4.12. The molecule has 0 unspecified atom stereocenters. The van der Waals surface area contributed by atoms with E-state index in [-0.39, 0.29) is 5.60 Å². The summed E-state index contributed by atoms with van der Waals surface area (Å²) in [7, 11) is 0. The highest BCUT2D eigenvalue weighted by Gasteiger charge is 2.31. The van der Waals surface area contributed by atoms with Crippen LogP contribution in [0.2, 0.25) is 0 Å². The Morgan fingerprint density at radius 3 is 3.00 bits per heavy atom. The number of oxime groups is 1. The molecule has 1 aliphatic heterocycles. The summed E-state index contributed by atoms with van der Waals surface area (Å²) in [4.78, 5) is 0. The molecular weight excluding hydrogens is 178 g/mol. The van der Waals surface area contributed by atoms with E-state index in [1.54, 1.807) is 0 Å². The number of hydrogen-bond donors (Lipinski definition) is 1. The molecule has 1 aliphatic rings. The van der Waals surface area contributed by atoms with Gasteiger partial charge in [-0.05, 0) is 25.5 Å². The predicted molar refractivity (Wildman–Crippen MR) is 54.2 cm³/mol. The Bertz CT molecular complexity index is 383. The van der Waals surface area contributed by atoms with E-state index in [1.165, 1.54) is 11.8 Å². The van der Waals surface area contributed by atoms with Gasteiger partial charge in [0.1, 0.15) is 11.4 Å². The predicted octanol–water partition coefficient (Wildman–Crippen LogP) is 2.21. The van der Waals surface area contributed by atoms with Crippen LogP contribution in [0.1, 0.15) is 25.0 Å². The van der Waals surface area contributed by atoms with Crippen LogP contribution in [0.15, 0.2) is 23.4 Å². The zero-order chi connectivity index (χ0) is 10.2. The first-order chi connectivity index (χ1) is 6.62. The smallest absolute Gasteiger partial charge is 0.132 e. The summed E-state index contributed by atoms with van der Waals surface area (Å²) in [6.45, 7) is 4.10. The van der Waals surface area contributed by atoms with E-state index in [9.17, 15) is 0 Å².